The Hall–Kier alpha value is -4.94. The maximum atomic E-state index is 13.7. The second-order valence-electron chi connectivity index (χ2n) is 8.31. The number of nitro benzene ring substituents is 2. The van der Waals surface area contributed by atoms with E-state index in [9.17, 15) is 34.6 Å². The number of hydrogen-bond donors (Lipinski definition) is 0. The lowest BCUT2D eigenvalue weighted by Gasteiger charge is -2.30. The zero-order chi connectivity index (χ0) is 25.7. The van der Waals surface area contributed by atoms with E-state index in [0.29, 0.717) is 0 Å². The van der Waals surface area contributed by atoms with Crippen LogP contribution in [-0.2, 0) is 9.59 Å². The van der Waals surface area contributed by atoms with E-state index in [1.807, 2.05) is 0 Å². The van der Waals surface area contributed by atoms with Gasteiger partial charge in [0.15, 0.2) is 5.78 Å². The monoisotopic (exact) mass is 491 g/mol. The van der Waals surface area contributed by atoms with Gasteiger partial charge in [-0.05, 0) is 12.1 Å². The van der Waals surface area contributed by atoms with Crippen molar-refractivity contribution in [1.29, 1.82) is 0 Å². The molecule has 36 heavy (non-hydrogen) atoms. The lowest BCUT2D eigenvalue weighted by Crippen LogP contribution is -2.46. The standard InChI is InChI=1S/C23H17N5O8/c1-36-17-8-7-14(28(34)35)11-16(17)25-22(30)18-15-6-3-9-24-26(15)20(19(18)23(25)31)21(29)12-4-2-5-13(10-12)27(32)33/h2-11,15,18-20H,1H3/t15-,18-,19+,20-/m0/s1. The molecule has 4 atom stereocenters. The maximum Gasteiger partial charge on any atom is 0.271 e. The fourth-order valence-electron chi connectivity index (χ4n) is 4.98. The van der Waals surface area contributed by atoms with E-state index >= 15 is 0 Å². The van der Waals surface area contributed by atoms with Crippen LogP contribution in [0.4, 0.5) is 17.1 Å². The number of nitrogens with zero attached hydrogens (tertiary/aromatic N) is 5. The third kappa shape index (κ3) is 3.32. The van der Waals surface area contributed by atoms with Gasteiger partial charge in [-0.25, -0.2) is 4.90 Å². The first-order valence-corrected chi connectivity index (χ1v) is 10.7. The Kier molecular flexibility index (Phi) is 5.31. The van der Waals surface area contributed by atoms with Crippen LogP contribution in [0.5, 0.6) is 5.75 Å². The molecule has 2 amide bonds. The van der Waals surface area contributed by atoms with Gasteiger partial charge < -0.3 is 4.74 Å². The Morgan fingerprint density at radius 1 is 1.00 bits per heavy atom. The fraction of sp³-hybridized carbons (Fsp3) is 0.217. The average molecular weight is 491 g/mol. The SMILES string of the molecule is COc1ccc([N+](=O)[O-])cc1N1C(=O)[C@@H]2[C@@H](C1=O)[C@@H]1C=CC=NN1[C@@H]2C(=O)c1cccc([N+](=O)[O-])c1. The number of nitro groups is 2. The number of rotatable bonds is 6. The number of allylic oxidation sites excluding steroid dienone is 1. The van der Waals surface area contributed by atoms with Crippen LogP contribution in [-0.4, -0.2) is 57.9 Å². The van der Waals surface area contributed by atoms with Crippen molar-refractivity contribution in [2.24, 2.45) is 16.9 Å². The molecule has 2 saturated heterocycles. The van der Waals surface area contributed by atoms with Gasteiger partial charge in [-0.15, -0.1) is 0 Å². The highest BCUT2D eigenvalue weighted by Gasteiger charge is 2.64. The minimum atomic E-state index is -1.23. The Bertz CT molecular complexity index is 1400. The van der Waals surface area contributed by atoms with Crippen LogP contribution in [0.3, 0.4) is 0 Å². The Morgan fingerprint density at radius 2 is 1.69 bits per heavy atom. The zero-order valence-electron chi connectivity index (χ0n) is 18.6. The number of amides is 2. The number of non-ortho nitro benzene ring substituents is 2. The highest BCUT2D eigenvalue weighted by atomic mass is 16.6. The molecule has 2 aromatic rings. The highest BCUT2D eigenvalue weighted by molar-refractivity contribution is 6.25. The summed E-state index contributed by atoms with van der Waals surface area (Å²) in [7, 11) is 1.30. The molecule has 2 aromatic carbocycles. The smallest absolute Gasteiger partial charge is 0.271 e. The first-order chi connectivity index (χ1) is 17.2. The van der Waals surface area contributed by atoms with Crippen molar-refractivity contribution >= 4 is 40.9 Å². The molecule has 182 valence electrons. The molecule has 0 unspecified atom stereocenters. The molecule has 0 bridgehead atoms. The number of benzene rings is 2. The number of carbonyl (C=O) groups is 3. The minimum absolute atomic E-state index is 0.00928. The maximum absolute atomic E-state index is 13.7. The van der Waals surface area contributed by atoms with Crippen molar-refractivity contribution in [3.05, 3.63) is 80.4 Å². The summed E-state index contributed by atoms with van der Waals surface area (Å²) < 4.78 is 5.25. The van der Waals surface area contributed by atoms with Crippen LogP contribution >= 0.6 is 0 Å². The van der Waals surface area contributed by atoms with Gasteiger partial charge in [0, 0.05) is 36.0 Å². The number of ketones is 1. The molecule has 0 aromatic heterocycles. The van der Waals surface area contributed by atoms with Crippen molar-refractivity contribution in [2.75, 3.05) is 12.0 Å². The van der Waals surface area contributed by atoms with Gasteiger partial charge in [0.25, 0.3) is 11.4 Å². The van der Waals surface area contributed by atoms with Crippen molar-refractivity contribution in [1.82, 2.24) is 5.01 Å². The summed E-state index contributed by atoms with van der Waals surface area (Å²) in [5.41, 5.74) is -0.764. The molecule has 13 heteroatoms. The molecular formula is C23H17N5O8. The van der Waals surface area contributed by atoms with Crippen LogP contribution in [0.2, 0.25) is 0 Å². The van der Waals surface area contributed by atoms with E-state index in [1.54, 1.807) is 12.2 Å². The number of hydrogen-bond acceptors (Lipinski definition) is 10. The van der Waals surface area contributed by atoms with Crippen LogP contribution < -0.4 is 9.64 Å². The molecular weight excluding hydrogens is 474 g/mol. The molecule has 13 nitrogen and oxygen atoms in total. The number of Topliss-reactive ketones (excluding diaryl/α,β-unsaturated/α-hetero) is 1. The van der Waals surface area contributed by atoms with Crippen molar-refractivity contribution in [2.45, 2.75) is 12.1 Å². The van der Waals surface area contributed by atoms with Crippen molar-refractivity contribution in [3.8, 4) is 5.75 Å². The third-order valence-corrected chi connectivity index (χ3v) is 6.52. The molecule has 0 spiro atoms. The van der Waals surface area contributed by atoms with Crippen LogP contribution in [0.1, 0.15) is 10.4 Å². The predicted octanol–water partition coefficient (Wildman–Crippen LogP) is 2.11. The van der Waals surface area contributed by atoms with Crippen LogP contribution in [0.25, 0.3) is 0 Å². The minimum Gasteiger partial charge on any atom is -0.495 e. The summed E-state index contributed by atoms with van der Waals surface area (Å²) in [6.07, 6.45) is 4.65. The van der Waals surface area contributed by atoms with Crippen LogP contribution in [0.15, 0.2) is 59.7 Å². The lowest BCUT2D eigenvalue weighted by atomic mass is 9.86. The fourth-order valence-corrected chi connectivity index (χ4v) is 4.98. The normalized spacial score (nSPS) is 24.0. The number of methoxy groups -OCH3 is 1. The number of imide groups is 1. The van der Waals surface area contributed by atoms with E-state index in [1.165, 1.54) is 48.7 Å². The molecule has 0 saturated carbocycles. The Balaban J connectivity index is 1.60. The van der Waals surface area contributed by atoms with Gasteiger partial charge in [0.1, 0.15) is 17.5 Å². The van der Waals surface area contributed by atoms with E-state index < -0.39 is 51.4 Å². The predicted molar refractivity (Wildman–Crippen MR) is 124 cm³/mol. The van der Waals surface area contributed by atoms with Gasteiger partial charge >= 0.3 is 0 Å². The lowest BCUT2D eigenvalue weighted by molar-refractivity contribution is -0.385. The molecule has 3 aliphatic heterocycles. The quantitative estimate of drug-likeness (QED) is 0.254. The molecule has 0 radical (unpaired) electrons. The summed E-state index contributed by atoms with van der Waals surface area (Å²) in [4.78, 5) is 63.0. The van der Waals surface area contributed by atoms with Gasteiger partial charge in [0.2, 0.25) is 11.8 Å². The second kappa shape index (κ2) is 8.37. The number of hydrazone groups is 1. The van der Waals surface area contributed by atoms with Gasteiger partial charge in [-0.3, -0.25) is 39.6 Å². The van der Waals surface area contributed by atoms with Gasteiger partial charge in [-0.2, -0.15) is 5.10 Å². The number of ether oxygens (including phenoxy) is 1. The third-order valence-electron chi connectivity index (χ3n) is 6.52. The zero-order valence-corrected chi connectivity index (χ0v) is 18.6. The summed E-state index contributed by atoms with van der Waals surface area (Å²) in [6, 6.07) is 6.66. The molecule has 5 rings (SSSR count). The molecule has 0 N–H and O–H groups in total. The second-order valence-corrected chi connectivity index (χ2v) is 8.31. The first-order valence-electron chi connectivity index (χ1n) is 10.7. The largest absolute Gasteiger partial charge is 0.495 e. The Morgan fingerprint density at radius 3 is 2.39 bits per heavy atom. The molecule has 0 aliphatic carbocycles. The van der Waals surface area contributed by atoms with E-state index in [2.05, 4.69) is 5.10 Å². The molecule has 3 aliphatic rings. The van der Waals surface area contributed by atoms with Gasteiger partial charge in [-0.1, -0.05) is 18.2 Å². The average Bonchev–Trinajstić information content (AvgIpc) is 3.35. The van der Waals surface area contributed by atoms with Crippen LogP contribution in [0, 0.1) is 32.1 Å². The topological polar surface area (TPSA) is 166 Å². The van der Waals surface area contributed by atoms with E-state index in [0.717, 1.165) is 17.0 Å². The van der Waals surface area contributed by atoms with Crippen molar-refractivity contribution in [3.63, 3.8) is 0 Å². The molecule has 3 heterocycles. The number of carbonyl (C=O) groups excluding carboxylic acids is 3. The van der Waals surface area contributed by atoms with E-state index in [4.69, 9.17) is 4.74 Å². The Labute approximate surface area is 202 Å². The van der Waals surface area contributed by atoms with Crippen molar-refractivity contribution < 1.29 is 29.0 Å². The summed E-state index contributed by atoms with van der Waals surface area (Å²) >= 11 is 0. The number of fused-ring (bicyclic) bond motifs is 3. The summed E-state index contributed by atoms with van der Waals surface area (Å²) in [5, 5.41) is 28.2. The first kappa shape index (κ1) is 22.8. The molecule has 2 fully saturated rings. The highest BCUT2D eigenvalue weighted by Crippen LogP contribution is 2.48. The summed E-state index contributed by atoms with van der Waals surface area (Å²) in [5.74, 6) is -4.14. The number of anilines is 1. The van der Waals surface area contributed by atoms with E-state index in [-0.39, 0.29) is 28.4 Å². The van der Waals surface area contributed by atoms with Gasteiger partial charge in [0.05, 0.1) is 34.8 Å². The summed E-state index contributed by atoms with van der Waals surface area (Å²) in [6.45, 7) is 0.